The summed E-state index contributed by atoms with van der Waals surface area (Å²) in [6.45, 7) is 2.46. The molecule has 5 rings (SSSR count). The molecule has 2 aromatic heterocycles. The van der Waals surface area contributed by atoms with Gasteiger partial charge in [-0.3, -0.25) is 4.79 Å². The quantitative estimate of drug-likeness (QED) is 0.239. The first kappa shape index (κ1) is 24.0. The zero-order valence-corrected chi connectivity index (χ0v) is 22.3. The predicted molar refractivity (Wildman–Crippen MR) is 147 cm³/mol. The summed E-state index contributed by atoms with van der Waals surface area (Å²) in [5.74, 6) is 1.53. The third kappa shape index (κ3) is 3.75. The average molecular weight is 547 g/mol. The second kappa shape index (κ2) is 9.74. The Kier molecular flexibility index (Phi) is 6.49. The second-order valence-electron chi connectivity index (χ2n) is 8.43. The Morgan fingerprint density at radius 1 is 0.861 bits per heavy atom. The Morgan fingerprint density at radius 3 is 2.19 bits per heavy atom. The third-order valence-corrected chi connectivity index (χ3v) is 7.32. The molecule has 0 atom stereocenters. The maximum Gasteiger partial charge on any atom is 0.260 e. The molecule has 3 aromatic carbocycles. The van der Waals surface area contributed by atoms with E-state index in [1.807, 2.05) is 67.6 Å². The van der Waals surface area contributed by atoms with Crippen LogP contribution < -0.4 is 19.8 Å². The standard InChI is InChI=1S/C29H27BrN2O4/c1-5-31-23-17-24(34-2)27(35-3)28(36-4)25(23)26-21(29(31)33)16-20(15-18-11-9-10-14-22(18)30)32(26)19-12-7-6-8-13-19/h6-14,16-17H,5,15H2,1-4H3. The number of para-hydroxylation sites is 1. The molecule has 0 unspecified atom stereocenters. The summed E-state index contributed by atoms with van der Waals surface area (Å²) in [6.07, 6.45) is 0.633. The summed E-state index contributed by atoms with van der Waals surface area (Å²) < 4.78 is 22.2. The van der Waals surface area contributed by atoms with Gasteiger partial charge in [-0.2, -0.15) is 0 Å². The van der Waals surface area contributed by atoms with E-state index in [1.165, 1.54) is 0 Å². The van der Waals surface area contributed by atoms with Gasteiger partial charge in [0.15, 0.2) is 11.5 Å². The number of rotatable bonds is 7. The van der Waals surface area contributed by atoms with Gasteiger partial charge in [-0.05, 0) is 36.8 Å². The average Bonchev–Trinajstić information content (AvgIpc) is 3.28. The smallest absolute Gasteiger partial charge is 0.260 e. The zero-order valence-electron chi connectivity index (χ0n) is 20.7. The van der Waals surface area contributed by atoms with E-state index in [0.29, 0.717) is 35.6 Å². The molecule has 0 bridgehead atoms. The van der Waals surface area contributed by atoms with Crippen molar-refractivity contribution in [1.29, 1.82) is 0 Å². The van der Waals surface area contributed by atoms with Crippen LogP contribution in [0.1, 0.15) is 18.2 Å². The van der Waals surface area contributed by atoms with Gasteiger partial charge in [0.05, 0.1) is 43.1 Å². The number of ether oxygens (including phenoxy) is 3. The van der Waals surface area contributed by atoms with Crippen molar-refractivity contribution >= 4 is 37.7 Å². The lowest BCUT2D eigenvalue weighted by Crippen LogP contribution is -2.20. The van der Waals surface area contributed by atoms with Crippen LogP contribution in [0.3, 0.4) is 0 Å². The number of aromatic nitrogens is 2. The Hall–Kier alpha value is -3.71. The molecule has 6 nitrogen and oxygen atoms in total. The van der Waals surface area contributed by atoms with Crippen molar-refractivity contribution in [2.45, 2.75) is 19.9 Å². The summed E-state index contributed by atoms with van der Waals surface area (Å²) in [4.78, 5) is 13.9. The number of hydrogen-bond donors (Lipinski definition) is 0. The molecule has 0 aliphatic heterocycles. The molecule has 7 heteroatoms. The molecule has 0 N–H and O–H groups in total. The molecular formula is C29H27BrN2O4. The molecule has 5 aromatic rings. The van der Waals surface area contributed by atoms with Gasteiger partial charge in [0.1, 0.15) is 0 Å². The number of halogens is 1. The van der Waals surface area contributed by atoms with Crippen LogP contribution in [-0.2, 0) is 13.0 Å². The lowest BCUT2D eigenvalue weighted by molar-refractivity contribution is 0.327. The van der Waals surface area contributed by atoms with Crippen molar-refractivity contribution < 1.29 is 14.2 Å². The van der Waals surface area contributed by atoms with Crippen LogP contribution in [0, 0.1) is 0 Å². The van der Waals surface area contributed by atoms with Crippen LogP contribution in [0.25, 0.3) is 27.5 Å². The predicted octanol–water partition coefficient (Wildman–Crippen LogP) is 6.34. The van der Waals surface area contributed by atoms with Gasteiger partial charge in [-0.1, -0.05) is 52.3 Å². The zero-order chi connectivity index (χ0) is 25.4. The highest BCUT2D eigenvalue weighted by Crippen LogP contribution is 2.46. The van der Waals surface area contributed by atoms with E-state index in [2.05, 4.69) is 26.6 Å². The minimum absolute atomic E-state index is 0.0580. The van der Waals surface area contributed by atoms with Crippen molar-refractivity contribution in [1.82, 2.24) is 9.13 Å². The van der Waals surface area contributed by atoms with Crippen LogP contribution in [0.5, 0.6) is 17.2 Å². The number of aryl methyl sites for hydroxylation is 1. The first-order valence-corrected chi connectivity index (χ1v) is 12.5. The molecule has 184 valence electrons. The van der Waals surface area contributed by atoms with Crippen molar-refractivity contribution in [3.05, 3.63) is 92.8 Å². The maximum atomic E-state index is 13.9. The first-order valence-electron chi connectivity index (χ1n) is 11.7. The second-order valence-corrected chi connectivity index (χ2v) is 9.28. The van der Waals surface area contributed by atoms with E-state index in [1.54, 1.807) is 25.9 Å². The number of nitrogens with zero attached hydrogens (tertiary/aromatic N) is 2. The SMILES string of the molecule is CCn1c(=O)c2cc(Cc3ccccc3Br)n(-c3ccccc3)c2c2c(OC)c(OC)c(OC)cc21. The Bertz CT molecular complexity index is 1640. The Balaban J connectivity index is 2.01. The highest BCUT2D eigenvalue weighted by Gasteiger charge is 2.25. The van der Waals surface area contributed by atoms with Crippen molar-refractivity contribution in [3.63, 3.8) is 0 Å². The number of pyridine rings is 1. The van der Waals surface area contributed by atoms with Gasteiger partial charge in [0.25, 0.3) is 5.56 Å². The van der Waals surface area contributed by atoms with E-state index < -0.39 is 0 Å². The molecule has 0 aliphatic rings. The molecule has 0 spiro atoms. The summed E-state index contributed by atoms with van der Waals surface area (Å²) in [6, 6.07) is 22.1. The Labute approximate surface area is 217 Å². The molecular weight excluding hydrogens is 520 g/mol. The van der Waals surface area contributed by atoms with Gasteiger partial charge in [0, 0.05) is 34.9 Å². The highest BCUT2D eigenvalue weighted by atomic mass is 79.9. The number of fused-ring (bicyclic) bond motifs is 3. The summed E-state index contributed by atoms with van der Waals surface area (Å²) in [5.41, 5.74) is 4.53. The van der Waals surface area contributed by atoms with Crippen molar-refractivity contribution in [3.8, 4) is 22.9 Å². The fraction of sp³-hybridized carbons (Fsp3) is 0.207. The summed E-state index contributed by atoms with van der Waals surface area (Å²) in [7, 11) is 4.79. The third-order valence-electron chi connectivity index (χ3n) is 6.55. The topological polar surface area (TPSA) is 54.6 Å². The minimum atomic E-state index is -0.0580. The monoisotopic (exact) mass is 546 g/mol. The molecule has 36 heavy (non-hydrogen) atoms. The fourth-order valence-electron chi connectivity index (χ4n) is 4.97. The highest BCUT2D eigenvalue weighted by molar-refractivity contribution is 9.10. The minimum Gasteiger partial charge on any atom is -0.493 e. The largest absolute Gasteiger partial charge is 0.493 e. The van der Waals surface area contributed by atoms with Crippen LogP contribution in [0.15, 0.2) is 76.0 Å². The lowest BCUT2D eigenvalue weighted by Gasteiger charge is -2.19. The van der Waals surface area contributed by atoms with E-state index in [9.17, 15) is 4.79 Å². The van der Waals surface area contributed by atoms with Crippen LogP contribution in [-0.4, -0.2) is 30.5 Å². The summed E-state index contributed by atoms with van der Waals surface area (Å²) in [5, 5.41) is 1.43. The van der Waals surface area contributed by atoms with E-state index in [0.717, 1.165) is 37.8 Å². The number of methoxy groups -OCH3 is 3. The van der Waals surface area contributed by atoms with E-state index in [-0.39, 0.29) is 5.56 Å². The first-order chi connectivity index (χ1) is 17.5. The molecule has 0 radical (unpaired) electrons. The molecule has 0 aliphatic carbocycles. The van der Waals surface area contributed by atoms with Gasteiger partial charge in [0.2, 0.25) is 5.75 Å². The number of hydrogen-bond acceptors (Lipinski definition) is 4. The van der Waals surface area contributed by atoms with Crippen LogP contribution in [0.4, 0.5) is 0 Å². The van der Waals surface area contributed by atoms with Crippen molar-refractivity contribution in [2.75, 3.05) is 21.3 Å². The summed E-state index contributed by atoms with van der Waals surface area (Å²) >= 11 is 3.69. The van der Waals surface area contributed by atoms with E-state index in [4.69, 9.17) is 14.2 Å². The molecule has 2 heterocycles. The molecule has 0 saturated carbocycles. The maximum absolute atomic E-state index is 13.9. The van der Waals surface area contributed by atoms with Crippen molar-refractivity contribution in [2.24, 2.45) is 0 Å². The molecule has 0 saturated heterocycles. The molecule has 0 amide bonds. The van der Waals surface area contributed by atoms with Gasteiger partial charge in [-0.15, -0.1) is 0 Å². The van der Waals surface area contributed by atoms with Gasteiger partial charge < -0.3 is 23.3 Å². The normalized spacial score (nSPS) is 11.2. The fourth-order valence-corrected chi connectivity index (χ4v) is 5.39. The van der Waals surface area contributed by atoms with Gasteiger partial charge in [-0.25, -0.2) is 0 Å². The van der Waals surface area contributed by atoms with Crippen LogP contribution in [0.2, 0.25) is 0 Å². The number of benzene rings is 3. The van der Waals surface area contributed by atoms with Crippen LogP contribution >= 0.6 is 15.9 Å². The molecule has 0 fully saturated rings. The lowest BCUT2D eigenvalue weighted by atomic mass is 10.1. The van der Waals surface area contributed by atoms with E-state index >= 15 is 0 Å². The Morgan fingerprint density at radius 2 is 1.56 bits per heavy atom. The van der Waals surface area contributed by atoms with Gasteiger partial charge >= 0.3 is 0 Å².